The second kappa shape index (κ2) is 5.85. The van der Waals surface area contributed by atoms with Gasteiger partial charge in [0.1, 0.15) is 5.01 Å². The first-order chi connectivity index (χ1) is 11.3. The van der Waals surface area contributed by atoms with Crippen LogP contribution in [0.25, 0.3) is 21.6 Å². The Hall–Kier alpha value is -2.66. The molecule has 0 saturated heterocycles. The first kappa shape index (κ1) is 14.0. The zero-order valence-electron chi connectivity index (χ0n) is 12.7. The van der Waals surface area contributed by atoms with E-state index in [0.29, 0.717) is 0 Å². The maximum atomic E-state index is 4.47. The molecular weight excluding hydrogens is 304 g/mol. The topological polar surface area (TPSA) is 42.7 Å². The minimum atomic E-state index is 0.764. The van der Waals surface area contributed by atoms with E-state index < -0.39 is 0 Å². The van der Waals surface area contributed by atoms with Crippen molar-refractivity contribution in [2.45, 2.75) is 6.54 Å². The van der Waals surface area contributed by atoms with Crippen LogP contribution < -0.4 is 5.32 Å². The molecule has 3 heterocycles. The lowest BCUT2D eigenvalue weighted by atomic mass is 10.2. The third-order valence-electron chi connectivity index (χ3n) is 3.79. The van der Waals surface area contributed by atoms with E-state index in [1.54, 1.807) is 17.5 Å². The van der Waals surface area contributed by atoms with Crippen LogP contribution in [0.4, 0.5) is 5.69 Å². The molecule has 0 bridgehead atoms. The smallest absolute Gasteiger partial charge is 0.142 e. The molecule has 5 heteroatoms. The normalized spacial score (nSPS) is 11.0. The van der Waals surface area contributed by atoms with Crippen molar-refractivity contribution in [1.29, 1.82) is 0 Å². The second-order valence-corrected chi connectivity index (χ2v) is 6.52. The summed E-state index contributed by atoms with van der Waals surface area (Å²) in [7, 11) is 2.06. The van der Waals surface area contributed by atoms with Crippen LogP contribution in [-0.4, -0.2) is 14.5 Å². The quantitative estimate of drug-likeness (QED) is 0.609. The summed E-state index contributed by atoms with van der Waals surface area (Å²) in [6.07, 6.45) is 5.79. The van der Waals surface area contributed by atoms with Crippen LogP contribution in [0.15, 0.2) is 61.1 Å². The van der Waals surface area contributed by atoms with E-state index in [1.807, 2.05) is 24.4 Å². The molecule has 0 aliphatic rings. The molecule has 0 spiro atoms. The van der Waals surface area contributed by atoms with E-state index >= 15 is 0 Å². The molecule has 0 radical (unpaired) electrons. The van der Waals surface area contributed by atoms with Gasteiger partial charge in [0.2, 0.25) is 0 Å². The van der Waals surface area contributed by atoms with E-state index in [-0.39, 0.29) is 0 Å². The molecule has 0 saturated carbocycles. The predicted octanol–water partition coefficient (Wildman–Crippen LogP) is 4.31. The van der Waals surface area contributed by atoms with Gasteiger partial charge in [-0.25, -0.2) is 4.98 Å². The molecule has 0 amide bonds. The van der Waals surface area contributed by atoms with Crippen molar-refractivity contribution < 1.29 is 0 Å². The molecule has 0 unspecified atom stereocenters. The summed E-state index contributed by atoms with van der Waals surface area (Å²) in [6.45, 7) is 0.764. The molecule has 3 aromatic heterocycles. The number of hydrogen-bond donors (Lipinski definition) is 1. The fraction of sp³-hybridized carbons (Fsp3) is 0.111. The van der Waals surface area contributed by atoms with Gasteiger partial charge in [-0.2, -0.15) is 0 Å². The Morgan fingerprint density at radius 1 is 1.13 bits per heavy atom. The summed E-state index contributed by atoms with van der Waals surface area (Å²) >= 11 is 1.67. The number of anilines is 1. The fourth-order valence-corrected chi connectivity index (χ4v) is 3.39. The van der Waals surface area contributed by atoms with Crippen LogP contribution in [0, 0.1) is 0 Å². The standard InChI is InChI=1S/C18H16N4S/c1-22-9-7-13-5-6-14(10-17(13)22)20-11-15-12-21-18(23-15)16-4-2-3-8-19-16/h2-10,12,20H,11H2,1H3. The molecule has 4 nitrogen and oxygen atoms in total. The lowest BCUT2D eigenvalue weighted by molar-refractivity contribution is 0.969. The Kier molecular flexibility index (Phi) is 3.55. The molecule has 1 N–H and O–H groups in total. The van der Waals surface area contributed by atoms with Gasteiger partial charge in [-0.05, 0) is 35.7 Å². The highest BCUT2D eigenvalue weighted by molar-refractivity contribution is 7.15. The van der Waals surface area contributed by atoms with Gasteiger partial charge in [0.05, 0.1) is 12.2 Å². The molecule has 1 aromatic carbocycles. The van der Waals surface area contributed by atoms with Crippen LogP contribution in [0.3, 0.4) is 0 Å². The number of nitrogens with zero attached hydrogens (tertiary/aromatic N) is 3. The molecule has 0 atom stereocenters. The van der Waals surface area contributed by atoms with E-state index in [0.717, 1.165) is 22.9 Å². The Bertz CT molecular complexity index is 940. The largest absolute Gasteiger partial charge is 0.380 e. The predicted molar refractivity (Wildman–Crippen MR) is 95.6 cm³/mol. The first-order valence-corrected chi connectivity index (χ1v) is 8.26. The number of hydrogen-bond acceptors (Lipinski definition) is 4. The Morgan fingerprint density at radius 2 is 2.09 bits per heavy atom. The van der Waals surface area contributed by atoms with Crippen molar-refractivity contribution in [2.24, 2.45) is 7.05 Å². The van der Waals surface area contributed by atoms with Gasteiger partial charge in [0, 0.05) is 41.7 Å². The van der Waals surface area contributed by atoms with Crippen molar-refractivity contribution in [1.82, 2.24) is 14.5 Å². The summed E-state index contributed by atoms with van der Waals surface area (Å²) in [5.41, 5.74) is 3.27. The monoisotopic (exact) mass is 320 g/mol. The lowest BCUT2D eigenvalue weighted by Gasteiger charge is -2.05. The molecule has 4 rings (SSSR count). The zero-order valence-corrected chi connectivity index (χ0v) is 13.5. The molecule has 0 aliphatic carbocycles. The summed E-state index contributed by atoms with van der Waals surface area (Å²) in [5, 5.41) is 5.69. The Morgan fingerprint density at radius 3 is 2.96 bits per heavy atom. The maximum absolute atomic E-state index is 4.47. The van der Waals surface area contributed by atoms with Gasteiger partial charge in [-0.15, -0.1) is 11.3 Å². The van der Waals surface area contributed by atoms with Gasteiger partial charge in [0.25, 0.3) is 0 Å². The number of nitrogens with one attached hydrogen (secondary N) is 1. The average molecular weight is 320 g/mol. The molecule has 114 valence electrons. The second-order valence-electron chi connectivity index (χ2n) is 5.40. The first-order valence-electron chi connectivity index (χ1n) is 7.45. The highest BCUT2D eigenvalue weighted by Crippen LogP contribution is 2.25. The fourth-order valence-electron chi connectivity index (χ4n) is 2.56. The third kappa shape index (κ3) is 2.83. The number of thiazole rings is 1. The summed E-state index contributed by atoms with van der Waals surface area (Å²) in [6, 6.07) is 14.4. The van der Waals surface area contributed by atoms with Gasteiger partial charge < -0.3 is 9.88 Å². The third-order valence-corrected chi connectivity index (χ3v) is 4.81. The summed E-state index contributed by atoms with van der Waals surface area (Å²) in [5.74, 6) is 0. The van der Waals surface area contributed by atoms with E-state index in [1.165, 1.54) is 15.8 Å². The van der Waals surface area contributed by atoms with Crippen LogP contribution in [0.2, 0.25) is 0 Å². The van der Waals surface area contributed by atoms with E-state index in [2.05, 4.69) is 57.4 Å². The number of aryl methyl sites for hydroxylation is 1. The minimum Gasteiger partial charge on any atom is -0.380 e. The SMILES string of the molecule is Cn1ccc2ccc(NCc3cnc(-c4ccccn4)s3)cc21. The summed E-state index contributed by atoms with van der Waals surface area (Å²) in [4.78, 5) is 10.0. The number of pyridine rings is 1. The number of aromatic nitrogens is 3. The van der Waals surface area contributed by atoms with Crippen LogP contribution in [0.1, 0.15) is 4.88 Å². The lowest BCUT2D eigenvalue weighted by Crippen LogP contribution is -1.97. The molecule has 4 aromatic rings. The number of benzene rings is 1. The maximum Gasteiger partial charge on any atom is 0.142 e. The van der Waals surface area contributed by atoms with Crippen molar-refractivity contribution in [2.75, 3.05) is 5.32 Å². The highest BCUT2D eigenvalue weighted by Gasteiger charge is 2.06. The van der Waals surface area contributed by atoms with Crippen molar-refractivity contribution in [3.63, 3.8) is 0 Å². The highest BCUT2D eigenvalue weighted by atomic mass is 32.1. The average Bonchev–Trinajstić information content (AvgIpc) is 3.21. The molecule has 0 fully saturated rings. The van der Waals surface area contributed by atoms with Crippen LogP contribution >= 0.6 is 11.3 Å². The zero-order chi connectivity index (χ0) is 15.6. The van der Waals surface area contributed by atoms with Crippen LogP contribution in [-0.2, 0) is 13.6 Å². The van der Waals surface area contributed by atoms with Crippen molar-refractivity contribution in [3.05, 3.63) is 65.9 Å². The van der Waals surface area contributed by atoms with Gasteiger partial charge >= 0.3 is 0 Å². The van der Waals surface area contributed by atoms with Crippen molar-refractivity contribution in [3.8, 4) is 10.7 Å². The van der Waals surface area contributed by atoms with Crippen molar-refractivity contribution >= 4 is 27.9 Å². The van der Waals surface area contributed by atoms with Gasteiger partial charge in [-0.3, -0.25) is 4.98 Å². The number of fused-ring (bicyclic) bond motifs is 1. The Labute approximate surface area is 138 Å². The van der Waals surface area contributed by atoms with E-state index in [9.17, 15) is 0 Å². The van der Waals surface area contributed by atoms with Gasteiger partial charge in [0.15, 0.2) is 0 Å². The Balaban J connectivity index is 1.50. The van der Waals surface area contributed by atoms with Crippen LogP contribution in [0.5, 0.6) is 0 Å². The summed E-state index contributed by atoms with van der Waals surface area (Å²) < 4.78 is 2.13. The molecular formula is C18H16N4S. The minimum absolute atomic E-state index is 0.764. The van der Waals surface area contributed by atoms with Gasteiger partial charge in [-0.1, -0.05) is 12.1 Å². The molecule has 0 aliphatic heterocycles. The number of rotatable bonds is 4. The molecule has 23 heavy (non-hydrogen) atoms. The van der Waals surface area contributed by atoms with E-state index in [4.69, 9.17) is 0 Å².